The smallest absolute Gasteiger partial charge is 0.387 e. The van der Waals surface area contributed by atoms with Crippen molar-refractivity contribution in [2.45, 2.75) is 13.2 Å². The van der Waals surface area contributed by atoms with Crippen LogP contribution in [0.2, 0.25) is 0 Å². The predicted molar refractivity (Wildman–Crippen MR) is 125 cm³/mol. The first-order chi connectivity index (χ1) is 16.2. The fourth-order valence-electron chi connectivity index (χ4n) is 4.00. The van der Waals surface area contributed by atoms with Crippen molar-refractivity contribution in [2.75, 3.05) is 36.4 Å². The number of anilines is 3. The molecule has 3 heterocycles. The number of nitrogens with zero attached hydrogens (tertiary/aromatic N) is 4. The minimum atomic E-state index is -2.87. The van der Waals surface area contributed by atoms with E-state index < -0.39 is 6.61 Å². The summed E-state index contributed by atoms with van der Waals surface area (Å²) in [6.45, 7) is 1.45. The highest BCUT2D eigenvalue weighted by Gasteiger charge is 2.13. The molecule has 2 N–H and O–H groups in total. The third kappa shape index (κ3) is 4.88. The average Bonchev–Trinajstić information content (AvgIpc) is 3.23. The van der Waals surface area contributed by atoms with Gasteiger partial charge in [0.15, 0.2) is 0 Å². The zero-order valence-corrected chi connectivity index (χ0v) is 17.9. The summed E-state index contributed by atoms with van der Waals surface area (Å²) in [5.41, 5.74) is 3.43. The van der Waals surface area contributed by atoms with E-state index in [1.165, 1.54) is 5.69 Å². The van der Waals surface area contributed by atoms with E-state index in [0.29, 0.717) is 23.7 Å². The van der Waals surface area contributed by atoms with Crippen molar-refractivity contribution in [3.05, 3.63) is 72.6 Å². The van der Waals surface area contributed by atoms with Crippen LogP contribution < -0.4 is 20.3 Å². The number of hydrogen-bond acceptors (Lipinski definition) is 6. The molecule has 1 aliphatic rings. The molecule has 0 amide bonds. The van der Waals surface area contributed by atoms with E-state index in [1.54, 1.807) is 30.5 Å². The van der Waals surface area contributed by atoms with Crippen LogP contribution in [0, 0.1) is 0 Å². The molecule has 0 radical (unpaired) electrons. The number of fused-ring (bicyclic) bond motifs is 1. The van der Waals surface area contributed by atoms with E-state index in [0.717, 1.165) is 37.3 Å². The van der Waals surface area contributed by atoms with Crippen LogP contribution in [0.3, 0.4) is 0 Å². The Hall–Kier alpha value is -3.72. The predicted octanol–water partition coefficient (Wildman–Crippen LogP) is 4.23. The molecule has 0 atom stereocenters. The number of alkyl halides is 2. The van der Waals surface area contributed by atoms with Gasteiger partial charge in [-0.2, -0.15) is 13.8 Å². The Morgan fingerprint density at radius 2 is 1.82 bits per heavy atom. The summed E-state index contributed by atoms with van der Waals surface area (Å²) in [5, 5.41) is 7.48. The van der Waals surface area contributed by atoms with Crippen LogP contribution in [0.25, 0.3) is 11.0 Å². The molecule has 9 heteroatoms. The summed E-state index contributed by atoms with van der Waals surface area (Å²) in [5.74, 6) is 0.626. The van der Waals surface area contributed by atoms with Crippen molar-refractivity contribution in [2.24, 2.45) is 0 Å². The maximum atomic E-state index is 12.8. The summed E-state index contributed by atoms with van der Waals surface area (Å²) in [7, 11) is 0. The Balaban J connectivity index is 1.34. The molecule has 2 aromatic heterocycles. The van der Waals surface area contributed by atoms with Gasteiger partial charge in [0.05, 0.1) is 6.54 Å². The Morgan fingerprint density at radius 3 is 2.61 bits per heavy atom. The average molecular weight is 450 g/mol. The number of halogens is 2. The van der Waals surface area contributed by atoms with Crippen molar-refractivity contribution >= 4 is 28.4 Å². The zero-order chi connectivity index (χ0) is 22.6. The molecular formula is C24H24F2N6O. The lowest BCUT2D eigenvalue weighted by molar-refractivity contribution is -0.0504. The van der Waals surface area contributed by atoms with Crippen molar-refractivity contribution in [3.63, 3.8) is 0 Å². The summed E-state index contributed by atoms with van der Waals surface area (Å²) in [6, 6.07) is 16.9. The topological polar surface area (TPSA) is 67.2 Å². The molecule has 0 spiro atoms. The largest absolute Gasteiger partial charge is 0.434 e. The van der Waals surface area contributed by atoms with Crippen molar-refractivity contribution in [3.8, 4) is 5.75 Å². The Morgan fingerprint density at radius 1 is 1.03 bits per heavy atom. The van der Waals surface area contributed by atoms with Crippen LogP contribution in [-0.4, -0.2) is 47.3 Å². The number of benzene rings is 2. The molecule has 2 aromatic carbocycles. The van der Waals surface area contributed by atoms with Gasteiger partial charge in [-0.25, -0.2) is 4.98 Å². The molecule has 1 saturated heterocycles. The number of aromatic nitrogens is 3. The molecule has 1 fully saturated rings. The van der Waals surface area contributed by atoms with Gasteiger partial charge >= 0.3 is 6.61 Å². The highest BCUT2D eigenvalue weighted by molar-refractivity contribution is 5.77. The van der Waals surface area contributed by atoms with E-state index in [1.807, 2.05) is 29.0 Å². The molecule has 7 nitrogen and oxygen atoms in total. The second kappa shape index (κ2) is 9.41. The van der Waals surface area contributed by atoms with E-state index in [4.69, 9.17) is 0 Å². The number of rotatable bonds is 7. The molecule has 0 unspecified atom stereocenters. The Labute approximate surface area is 190 Å². The summed E-state index contributed by atoms with van der Waals surface area (Å²) < 4.78 is 32.1. The lowest BCUT2D eigenvalue weighted by Gasteiger charge is -2.29. The first kappa shape index (κ1) is 21.1. The van der Waals surface area contributed by atoms with Gasteiger partial charge in [-0.1, -0.05) is 18.2 Å². The van der Waals surface area contributed by atoms with Crippen molar-refractivity contribution in [1.29, 1.82) is 0 Å². The van der Waals surface area contributed by atoms with Crippen LogP contribution in [0.1, 0.15) is 5.56 Å². The highest BCUT2D eigenvalue weighted by atomic mass is 19.3. The number of ether oxygens (including phenoxy) is 1. The number of piperazine rings is 1. The molecule has 4 aromatic rings. The lowest BCUT2D eigenvalue weighted by atomic mass is 10.2. The molecule has 33 heavy (non-hydrogen) atoms. The van der Waals surface area contributed by atoms with Gasteiger partial charge < -0.3 is 24.8 Å². The number of para-hydroxylation sites is 1. The Bertz CT molecular complexity index is 1220. The van der Waals surface area contributed by atoms with E-state index in [9.17, 15) is 8.78 Å². The van der Waals surface area contributed by atoms with Crippen LogP contribution in [0.4, 0.5) is 26.1 Å². The number of nitrogens with one attached hydrogen (secondary N) is 2. The minimum Gasteiger partial charge on any atom is -0.434 e. The van der Waals surface area contributed by atoms with Crippen LogP contribution in [0.15, 0.2) is 67.0 Å². The first-order valence-corrected chi connectivity index (χ1v) is 10.8. The summed E-state index contributed by atoms with van der Waals surface area (Å²) in [4.78, 5) is 11.4. The van der Waals surface area contributed by atoms with Crippen molar-refractivity contribution < 1.29 is 13.5 Å². The van der Waals surface area contributed by atoms with Gasteiger partial charge in [-0.05, 0) is 36.4 Å². The van der Waals surface area contributed by atoms with Gasteiger partial charge in [0.2, 0.25) is 5.95 Å². The van der Waals surface area contributed by atoms with E-state index in [2.05, 4.69) is 42.4 Å². The second-order valence-electron chi connectivity index (χ2n) is 7.81. The zero-order valence-electron chi connectivity index (χ0n) is 17.9. The number of hydrogen-bond donors (Lipinski definition) is 2. The Kier molecular flexibility index (Phi) is 6.03. The molecule has 170 valence electrons. The summed E-state index contributed by atoms with van der Waals surface area (Å²) in [6.07, 6.45) is 3.61. The highest BCUT2D eigenvalue weighted by Crippen LogP contribution is 2.25. The molecule has 0 saturated carbocycles. The molecule has 5 rings (SSSR count). The molecular weight excluding hydrogens is 426 g/mol. The minimum absolute atomic E-state index is 0.159. The van der Waals surface area contributed by atoms with Gasteiger partial charge in [0.1, 0.15) is 11.4 Å². The molecule has 0 bridgehead atoms. The van der Waals surface area contributed by atoms with Gasteiger partial charge in [-0.3, -0.25) is 0 Å². The molecule has 1 aliphatic heterocycles. The normalized spacial score (nSPS) is 14.1. The van der Waals surface area contributed by atoms with Crippen LogP contribution >= 0.6 is 0 Å². The van der Waals surface area contributed by atoms with Crippen molar-refractivity contribution in [1.82, 2.24) is 19.9 Å². The standard InChI is InChI=1S/C24H24F2N6O/c25-23(26)33-21-4-2-1-3-18(21)16-32-12-9-17-15-28-24(30-22(17)32)29-19-5-7-20(8-6-19)31-13-10-27-11-14-31/h1-9,12,15,23,27H,10-11,13-14,16H2,(H,28,29,30). The first-order valence-electron chi connectivity index (χ1n) is 10.8. The lowest BCUT2D eigenvalue weighted by Crippen LogP contribution is -2.43. The third-order valence-electron chi connectivity index (χ3n) is 5.64. The third-order valence-corrected chi connectivity index (χ3v) is 5.64. The fraction of sp³-hybridized carbons (Fsp3) is 0.250. The molecule has 0 aliphatic carbocycles. The van der Waals surface area contributed by atoms with Gasteiger partial charge in [0.25, 0.3) is 0 Å². The van der Waals surface area contributed by atoms with Gasteiger partial charge in [0, 0.05) is 60.9 Å². The fourth-order valence-corrected chi connectivity index (χ4v) is 4.00. The van der Waals surface area contributed by atoms with E-state index in [-0.39, 0.29) is 5.75 Å². The van der Waals surface area contributed by atoms with Crippen LogP contribution in [-0.2, 0) is 6.54 Å². The van der Waals surface area contributed by atoms with E-state index >= 15 is 0 Å². The maximum Gasteiger partial charge on any atom is 0.387 e. The monoisotopic (exact) mass is 450 g/mol. The second-order valence-corrected chi connectivity index (χ2v) is 7.81. The van der Waals surface area contributed by atoms with Gasteiger partial charge in [-0.15, -0.1) is 0 Å². The maximum absolute atomic E-state index is 12.8. The van der Waals surface area contributed by atoms with Crippen LogP contribution in [0.5, 0.6) is 5.75 Å². The summed E-state index contributed by atoms with van der Waals surface area (Å²) >= 11 is 0. The quantitative estimate of drug-likeness (QED) is 0.439. The SMILES string of the molecule is FC(F)Oc1ccccc1Cn1ccc2cnc(Nc3ccc(N4CCNCC4)cc3)nc21.